The molecule has 1 aliphatic heterocycles. The molecular formula is C9H13NS2. The van der Waals surface area contributed by atoms with Crippen molar-refractivity contribution in [3.63, 3.8) is 0 Å². The molecule has 1 fully saturated rings. The van der Waals surface area contributed by atoms with Crippen molar-refractivity contribution >= 4 is 23.1 Å². The van der Waals surface area contributed by atoms with Gasteiger partial charge < -0.3 is 0 Å². The van der Waals surface area contributed by atoms with Gasteiger partial charge in [-0.2, -0.15) is 11.8 Å². The third-order valence-electron chi connectivity index (χ3n) is 2.29. The lowest BCUT2D eigenvalue weighted by Gasteiger charge is -2.19. The number of hydrogen-bond acceptors (Lipinski definition) is 3. The van der Waals surface area contributed by atoms with Gasteiger partial charge in [0.05, 0.1) is 5.01 Å². The van der Waals surface area contributed by atoms with Crippen molar-refractivity contribution in [3.8, 4) is 0 Å². The minimum absolute atomic E-state index is 0.914. The van der Waals surface area contributed by atoms with Gasteiger partial charge in [-0.25, -0.2) is 4.98 Å². The van der Waals surface area contributed by atoms with Crippen molar-refractivity contribution in [2.75, 3.05) is 11.5 Å². The second kappa shape index (κ2) is 4.28. The van der Waals surface area contributed by atoms with Crippen molar-refractivity contribution in [1.82, 2.24) is 4.98 Å². The Morgan fingerprint density at radius 2 is 2.25 bits per heavy atom. The van der Waals surface area contributed by atoms with Crippen LogP contribution in [-0.2, 0) is 6.42 Å². The largest absolute Gasteiger partial charge is 0.250 e. The van der Waals surface area contributed by atoms with Gasteiger partial charge in [0.1, 0.15) is 0 Å². The molecule has 1 nitrogen and oxygen atoms in total. The summed E-state index contributed by atoms with van der Waals surface area (Å²) in [4.78, 5) is 4.32. The van der Waals surface area contributed by atoms with E-state index in [1.807, 2.05) is 6.20 Å². The molecule has 0 aliphatic carbocycles. The number of hydrogen-bond donors (Lipinski definition) is 0. The van der Waals surface area contributed by atoms with Gasteiger partial charge in [-0.1, -0.05) is 0 Å². The van der Waals surface area contributed by atoms with Crippen molar-refractivity contribution < 1.29 is 0 Å². The van der Waals surface area contributed by atoms with Crippen LogP contribution in [0.15, 0.2) is 11.6 Å². The zero-order chi connectivity index (χ0) is 8.23. The number of thiazole rings is 1. The van der Waals surface area contributed by atoms with Gasteiger partial charge in [-0.3, -0.25) is 0 Å². The summed E-state index contributed by atoms with van der Waals surface area (Å²) in [5, 5.41) is 3.40. The zero-order valence-electron chi connectivity index (χ0n) is 7.03. The van der Waals surface area contributed by atoms with Crippen LogP contribution in [-0.4, -0.2) is 16.5 Å². The summed E-state index contributed by atoms with van der Waals surface area (Å²) in [5.74, 6) is 3.63. The molecule has 0 spiro atoms. The predicted octanol–water partition coefficient (Wildman–Crippen LogP) is 2.83. The van der Waals surface area contributed by atoms with E-state index in [0.717, 1.165) is 5.92 Å². The van der Waals surface area contributed by atoms with Crippen LogP contribution < -0.4 is 0 Å². The fourth-order valence-electron chi connectivity index (χ4n) is 1.55. The van der Waals surface area contributed by atoms with Gasteiger partial charge in [-0.05, 0) is 30.3 Å². The summed E-state index contributed by atoms with van der Waals surface area (Å²) in [7, 11) is 0. The molecule has 3 heteroatoms. The molecule has 2 heterocycles. The maximum atomic E-state index is 4.32. The number of thioether (sulfide) groups is 1. The normalized spacial score (nSPS) is 19.7. The lowest BCUT2D eigenvalue weighted by Crippen LogP contribution is -2.11. The molecule has 0 unspecified atom stereocenters. The van der Waals surface area contributed by atoms with Crippen molar-refractivity contribution in [2.45, 2.75) is 19.3 Å². The van der Waals surface area contributed by atoms with Crippen LogP contribution in [0.3, 0.4) is 0 Å². The highest BCUT2D eigenvalue weighted by Crippen LogP contribution is 2.26. The molecule has 1 aromatic heterocycles. The van der Waals surface area contributed by atoms with Gasteiger partial charge in [0.25, 0.3) is 0 Å². The highest BCUT2D eigenvalue weighted by Gasteiger charge is 2.14. The molecule has 0 amide bonds. The Kier molecular flexibility index (Phi) is 3.06. The standard InChI is InChI=1S/C9H13NS2/c1-4-11-5-2-8(1)7-9-10-3-6-12-9/h3,6,8H,1-2,4-5,7H2. The predicted molar refractivity (Wildman–Crippen MR) is 55.9 cm³/mol. The summed E-state index contributed by atoms with van der Waals surface area (Å²) in [5.41, 5.74) is 0. The van der Waals surface area contributed by atoms with E-state index in [4.69, 9.17) is 0 Å². The Bertz CT molecular complexity index is 214. The van der Waals surface area contributed by atoms with Crippen LogP contribution in [0.5, 0.6) is 0 Å². The first kappa shape index (κ1) is 8.57. The summed E-state index contributed by atoms with van der Waals surface area (Å²) < 4.78 is 0. The van der Waals surface area contributed by atoms with E-state index in [1.165, 1.54) is 35.8 Å². The summed E-state index contributed by atoms with van der Waals surface area (Å²) >= 11 is 3.89. The average molecular weight is 199 g/mol. The third kappa shape index (κ3) is 2.23. The highest BCUT2D eigenvalue weighted by atomic mass is 32.2. The molecule has 0 atom stereocenters. The van der Waals surface area contributed by atoms with Crippen LogP contribution in [0.25, 0.3) is 0 Å². The Morgan fingerprint density at radius 1 is 1.42 bits per heavy atom. The first-order chi connectivity index (χ1) is 5.95. The third-order valence-corrected chi connectivity index (χ3v) is 4.14. The van der Waals surface area contributed by atoms with E-state index in [1.54, 1.807) is 11.3 Å². The average Bonchev–Trinajstić information content (AvgIpc) is 2.59. The second-order valence-electron chi connectivity index (χ2n) is 3.19. The van der Waals surface area contributed by atoms with Crippen molar-refractivity contribution in [3.05, 3.63) is 16.6 Å². The monoisotopic (exact) mass is 199 g/mol. The van der Waals surface area contributed by atoms with Gasteiger partial charge in [0.2, 0.25) is 0 Å². The van der Waals surface area contributed by atoms with Gasteiger partial charge in [-0.15, -0.1) is 11.3 Å². The minimum Gasteiger partial charge on any atom is -0.250 e. The van der Waals surface area contributed by atoms with Crippen molar-refractivity contribution in [2.24, 2.45) is 5.92 Å². The van der Waals surface area contributed by atoms with Gasteiger partial charge in [0.15, 0.2) is 0 Å². The molecule has 0 saturated carbocycles. The molecule has 1 aromatic rings. The molecule has 1 saturated heterocycles. The Labute approximate surface area is 81.6 Å². The fraction of sp³-hybridized carbons (Fsp3) is 0.667. The SMILES string of the molecule is c1csc(CC2CCSCC2)n1. The molecular weight excluding hydrogens is 186 g/mol. The molecule has 12 heavy (non-hydrogen) atoms. The second-order valence-corrected chi connectivity index (χ2v) is 5.39. The maximum Gasteiger partial charge on any atom is 0.0927 e. The smallest absolute Gasteiger partial charge is 0.0927 e. The maximum absolute atomic E-state index is 4.32. The summed E-state index contributed by atoms with van der Waals surface area (Å²) in [6.07, 6.45) is 5.92. The summed E-state index contributed by atoms with van der Waals surface area (Å²) in [6.45, 7) is 0. The van der Waals surface area contributed by atoms with E-state index in [-0.39, 0.29) is 0 Å². The molecule has 0 N–H and O–H groups in total. The number of aromatic nitrogens is 1. The van der Waals surface area contributed by atoms with Crippen molar-refractivity contribution in [1.29, 1.82) is 0 Å². The summed E-state index contributed by atoms with van der Waals surface area (Å²) in [6, 6.07) is 0. The Morgan fingerprint density at radius 3 is 2.92 bits per heavy atom. The first-order valence-electron chi connectivity index (χ1n) is 4.41. The molecule has 2 rings (SSSR count). The molecule has 0 bridgehead atoms. The first-order valence-corrected chi connectivity index (χ1v) is 6.44. The van der Waals surface area contributed by atoms with E-state index >= 15 is 0 Å². The lowest BCUT2D eigenvalue weighted by molar-refractivity contribution is 0.487. The van der Waals surface area contributed by atoms with E-state index in [2.05, 4.69) is 22.1 Å². The van der Waals surface area contributed by atoms with Crippen LogP contribution >= 0.6 is 23.1 Å². The van der Waals surface area contributed by atoms with Gasteiger partial charge >= 0.3 is 0 Å². The van der Waals surface area contributed by atoms with E-state index in [0.29, 0.717) is 0 Å². The lowest BCUT2D eigenvalue weighted by atomic mass is 9.99. The van der Waals surface area contributed by atoms with Crippen LogP contribution in [0.1, 0.15) is 17.8 Å². The van der Waals surface area contributed by atoms with Crippen LogP contribution in [0.2, 0.25) is 0 Å². The highest BCUT2D eigenvalue weighted by molar-refractivity contribution is 7.99. The number of nitrogens with zero attached hydrogens (tertiary/aromatic N) is 1. The zero-order valence-corrected chi connectivity index (χ0v) is 8.66. The number of rotatable bonds is 2. The van der Waals surface area contributed by atoms with E-state index in [9.17, 15) is 0 Å². The van der Waals surface area contributed by atoms with Gasteiger partial charge in [0, 0.05) is 18.0 Å². The molecule has 1 aliphatic rings. The fourth-order valence-corrected chi connectivity index (χ4v) is 3.49. The topological polar surface area (TPSA) is 12.9 Å². The quantitative estimate of drug-likeness (QED) is 0.726. The van der Waals surface area contributed by atoms with Crippen LogP contribution in [0.4, 0.5) is 0 Å². The molecule has 0 aromatic carbocycles. The minimum atomic E-state index is 0.914. The van der Waals surface area contributed by atoms with E-state index < -0.39 is 0 Å². The Balaban J connectivity index is 1.86. The molecule has 0 radical (unpaired) electrons. The Hall–Kier alpha value is -0.0200. The van der Waals surface area contributed by atoms with Crippen LogP contribution in [0, 0.1) is 5.92 Å². The molecule has 66 valence electrons.